The molecular formula is C12H19N3. The Morgan fingerprint density at radius 3 is 2.80 bits per heavy atom. The van der Waals surface area contributed by atoms with Gasteiger partial charge in [0.1, 0.15) is 0 Å². The predicted molar refractivity (Wildman–Crippen MR) is 59.9 cm³/mol. The number of hydrogen-bond donors (Lipinski definition) is 1. The van der Waals surface area contributed by atoms with Crippen LogP contribution in [0.25, 0.3) is 0 Å². The van der Waals surface area contributed by atoms with Gasteiger partial charge in [-0.1, -0.05) is 0 Å². The molecule has 0 bridgehead atoms. The fraction of sp³-hybridized carbons (Fsp3) is 0.750. The standard InChI is InChI=1S/C12H19N3/c1-9-8-11(15(2)14-9)12(5-6-12)10-4-3-7-13-10/h8,10,13H,3-7H2,1-2H3. The second kappa shape index (κ2) is 3.08. The Kier molecular flexibility index (Phi) is 1.93. The summed E-state index contributed by atoms with van der Waals surface area (Å²) in [6.07, 6.45) is 5.35. The lowest BCUT2D eigenvalue weighted by atomic mass is 9.91. The second-order valence-corrected chi connectivity index (χ2v) is 5.10. The summed E-state index contributed by atoms with van der Waals surface area (Å²) in [5.41, 5.74) is 3.02. The summed E-state index contributed by atoms with van der Waals surface area (Å²) < 4.78 is 2.09. The maximum absolute atomic E-state index is 4.48. The van der Waals surface area contributed by atoms with E-state index in [2.05, 4.69) is 35.1 Å². The molecule has 15 heavy (non-hydrogen) atoms. The molecule has 1 atom stereocenters. The predicted octanol–water partition coefficient (Wildman–Crippen LogP) is 1.51. The Balaban J connectivity index is 1.95. The lowest BCUT2D eigenvalue weighted by Crippen LogP contribution is -2.36. The molecule has 2 aliphatic rings. The maximum atomic E-state index is 4.48. The molecule has 2 fully saturated rings. The van der Waals surface area contributed by atoms with Crippen LogP contribution in [0.15, 0.2) is 6.07 Å². The summed E-state index contributed by atoms with van der Waals surface area (Å²) in [6, 6.07) is 2.97. The van der Waals surface area contributed by atoms with Gasteiger partial charge in [0.15, 0.2) is 0 Å². The molecule has 0 aromatic carbocycles. The van der Waals surface area contributed by atoms with E-state index in [1.165, 1.54) is 37.9 Å². The summed E-state index contributed by atoms with van der Waals surface area (Å²) >= 11 is 0. The molecule has 1 saturated heterocycles. The minimum absolute atomic E-state index is 0.423. The number of nitrogens with one attached hydrogen (secondary N) is 1. The molecule has 82 valence electrons. The van der Waals surface area contributed by atoms with E-state index in [4.69, 9.17) is 0 Å². The van der Waals surface area contributed by atoms with Gasteiger partial charge in [0.25, 0.3) is 0 Å². The van der Waals surface area contributed by atoms with Gasteiger partial charge in [-0.05, 0) is 45.2 Å². The summed E-state index contributed by atoms with van der Waals surface area (Å²) in [5.74, 6) is 0. The Bertz CT molecular complexity index is 370. The molecule has 1 unspecified atom stereocenters. The molecule has 1 saturated carbocycles. The van der Waals surface area contributed by atoms with Crippen molar-refractivity contribution in [3.8, 4) is 0 Å². The summed E-state index contributed by atoms with van der Waals surface area (Å²) in [7, 11) is 2.08. The normalized spacial score (nSPS) is 28.3. The van der Waals surface area contributed by atoms with Gasteiger partial charge in [-0.25, -0.2) is 0 Å². The zero-order chi connectivity index (χ0) is 10.5. The van der Waals surface area contributed by atoms with Crippen molar-refractivity contribution in [3.63, 3.8) is 0 Å². The van der Waals surface area contributed by atoms with Crippen LogP contribution in [-0.4, -0.2) is 22.4 Å². The van der Waals surface area contributed by atoms with Crippen LogP contribution >= 0.6 is 0 Å². The smallest absolute Gasteiger partial charge is 0.0596 e. The number of hydrogen-bond acceptors (Lipinski definition) is 2. The molecule has 3 rings (SSSR count). The van der Waals surface area contributed by atoms with Crippen molar-refractivity contribution >= 4 is 0 Å². The maximum Gasteiger partial charge on any atom is 0.0596 e. The molecule has 0 amide bonds. The van der Waals surface area contributed by atoms with Gasteiger partial charge in [0.05, 0.1) is 5.69 Å². The fourth-order valence-corrected chi connectivity index (χ4v) is 3.15. The van der Waals surface area contributed by atoms with Gasteiger partial charge in [-0.2, -0.15) is 5.10 Å². The lowest BCUT2D eigenvalue weighted by Gasteiger charge is -2.23. The number of nitrogens with zero attached hydrogens (tertiary/aromatic N) is 2. The second-order valence-electron chi connectivity index (χ2n) is 5.10. The highest BCUT2D eigenvalue weighted by Crippen LogP contribution is 2.52. The van der Waals surface area contributed by atoms with Crippen molar-refractivity contribution < 1.29 is 0 Å². The molecule has 1 aromatic heterocycles. The Morgan fingerprint density at radius 1 is 1.53 bits per heavy atom. The first kappa shape index (κ1) is 9.40. The molecule has 3 heteroatoms. The highest BCUT2D eigenvalue weighted by molar-refractivity contribution is 5.30. The highest BCUT2D eigenvalue weighted by Gasteiger charge is 2.53. The van der Waals surface area contributed by atoms with E-state index in [9.17, 15) is 0 Å². The van der Waals surface area contributed by atoms with Crippen LogP contribution in [0.3, 0.4) is 0 Å². The minimum atomic E-state index is 0.423. The van der Waals surface area contributed by atoms with E-state index in [0.717, 1.165) is 5.69 Å². The molecular weight excluding hydrogens is 186 g/mol. The molecule has 0 radical (unpaired) electrons. The average Bonchev–Trinajstić information content (AvgIpc) is 2.68. The van der Waals surface area contributed by atoms with Crippen molar-refractivity contribution in [3.05, 3.63) is 17.5 Å². The summed E-state index contributed by atoms with van der Waals surface area (Å²) in [4.78, 5) is 0. The van der Waals surface area contributed by atoms with Crippen molar-refractivity contribution in [2.45, 2.75) is 44.1 Å². The van der Waals surface area contributed by atoms with Crippen LogP contribution in [0.5, 0.6) is 0 Å². The molecule has 0 spiro atoms. The van der Waals surface area contributed by atoms with E-state index in [0.29, 0.717) is 11.5 Å². The van der Waals surface area contributed by atoms with Crippen molar-refractivity contribution in [2.24, 2.45) is 7.05 Å². The molecule has 1 aliphatic carbocycles. The quantitative estimate of drug-likeness (QED) is 0.793. The topological polar surface area (TPSA) is 29.9 Å². The Hall–Kier alpha value is -0.830. The zero-order valence-electron chi connectivity index (χ0n) is 9.58. The third kappa shape index (κ3) is 1.33. The van der Waals surface area contributed by atoms with Gasteiger partial charge < -0.3 is 5.32 Å². The van der Waals surface area contributed by atoms with Crippen molar-refractivity contribution in [1.29, 1.82) is 0 Å². The van der Waals surface area contributed by atoms with Gasteiger partial charge in [-0.3, -0.25) is 4.68 Å². The van der Waals surface area contributed by atoms with E-state index in [1.54, 1.807) is 0 Å². The largest absolute Gasteiger partial charge is 0.313 e. The Labute approximate surface area is 90.9 Å². The van der Waals surface area contributed by atoms with Gasteiger partial charge in [-0.15, -0.1) is 0 Å². The zero-order valence-corrected chi connectivity index (χ0v) is 9.58. The van der Waals surface area contributed by atoms with Gasteiger partial charge in [0.2, 0.25) is 0 Å². The average molecular weight is 205 g/mol. The first-order chi connectivity index (χ1) is 7.22. The summed E-state index contributed by atoms with van der Waals surface area (Å²) in [5, 5.41) is 8.13. The third-order valence-electron chi connectivity index (χ3n) is 4.03. The van der Waals surface area contributed by atoms with Crippen LogP contribution in [0, 0.1) is 6.92 Å². The third-order valence-corrected chi connectivity index (χ3v) is 4.03. The number of aryl methyl sites for hydroxylation is 2. The van der Waals surface area contributed by atoms with Crippen molar-refractivity contribution in [1.82, 2.24) is 15.1 Å². The van der Waals surface area contributed by atoms with Crippen molar-refractivity contribution in [2.75, 3.05) is 6.54 Å². The number of aromatic nitrogens is 2. The highest BCUT2D eigenvalue weighted by atomic mass is 15.3. The number of rotatable bonds is 2. The van der Waals surface area contributed by atoms with Gasteiger partial charge in [0, 0.05) is 24.2 Å². The van der Waals surface area contributed by atoms with E-state index in [1.807, 2.05) is 0 Å². The molecule has 3 nitrogen and oxygen atoms in total. The van der Waals surface area contributed by atoms with Crippen LogP contribution in [0.2, 0.25) is 0 Å². The van der Waals surface area contributed by atoms with Crippen LogP contribution in [-0.2, 0) is 12.5 Å². The van der Waals surface area contributed by atoms with E-state index in [-0.39, 0.29) is 0 Å². The van der Waals surface area contributed by atoms with E-state index < -0.39 is 0 Å². The SMILES string of the molecule is Cc1cc(C2(C3CCCN3)CC2)n(C)n1. The van der Waals surface area contributed by atoms with Crippen LogP contribution < -0.4 is 5.32 Å². The molecule has 1 N–H and O–H groups in total. The monoisotopic (exact) mass is 205 g/mol. The molecule has 1 aromatic rings. The minimum Gasteiger partial charge on any atom is -0.313 e. The molecule has 1 aliphatic heterocycles. The van der Waals surface area contributed by atoms with E-state index >= 15 is 0 Å². The first-order valence-corrected chi connectivity index (χ1v) is 5.97. The lowest BCUT2D eigenvalue weighted by molar-refractivity contribution is 0.445. The Morgan fingerprint density at radius 2 is 2.33 bits per heavy atom. The van der Waals surface area contributed by atoms with Gasteiger partial charge >= 0.3 is 0 Å². The van der Waals surface area contributed by atoms with Crippen LogP contribution in [0.4, 0.5) is 0 Å². The first-order valence-electron chi connectivity index (χ1n) is 5.97. The molecule has 2 heterocycles. The summed E-state index contributed by atoms with van der Waals surface area (Å²) in [6.45, 7) is 3.28. The van der Waals surface area contributed by atoms with Crippen LogP contribution in [0.1, 0.15) is 37.1 Å². The fourth-order valence-electron chi connectivity index (χ4n) is 3.15.